The zero-order valence-electron chi connectivity index (χ0n) is 14.4. The van der Waals surface area contributed by atoms with E-state index in [0.29, 0.717) is 31.2 Å². The van der Waals surface area contributed by atoms with Gasteiger partial charge in [-0.25, -0.2) is 13.9 Å². The maximum Gasteiger partial charge on any atom is 0.247 e. The molecule has 0 radical (unpaired) electrons. The van der Waals surface area contributed by atoms with Crippen LogP contribution in [0.1, 0.15) is 13.8 Å². The number of anilines is 1. The highest BCUT2D eigenvalue weighted by molar-refractivity contribution is 7.89. The molecule has 2 N–H and O–H groups in total. The summed E-state index contributed by atoms with van der Waals surface area (Å²) in [4.78, 5) is 13.8. The number of hydrogen-bond acceptors (Lipinski definition) is 5. The largest absolute Gasteiger partial charge is 0.368 e. The van der Waals surface area contributed by atoms with E-state index < -0.39 is 21.8 Å². The lowest BCUT2D eigenvalue weighted by atomic mass is 9.97. The number of sulfonamides is 1. The molecule has 9 heteroatoms. The van der Waals surface area contributed by atoms with Gasteiger partial charge in [0.05, 0.1) is 22.4 Å². The Balaban J connectivity index is 2.03. The molecule has 1 aliphatic rings. The molecule has 0 aliphatic carbocycles. The smallest absolute Gasteiger partial charge is 0.247 e. The highest BCUT2D eigenvalue weighted by Gasteiger charge is 2.33. The van der Waals surface area contributed by atoms with Crippen LogP contribution >= 0.6 is 11.6 Å². The molecular formula is C16H24ClN3O4S. The minimum absolute atomic E-state index is 0.202. The number of carbonyl (C=O) groups is 1. The predicted molar refractivity (Wildman–Crippen MR) is 97.3 cm³/mol. The number of hydrogen-bond donors (Lipinski definition) is 2. The number of carbonyl (C=O) groups excluding carboxylic acids is 1. The van der Waals surface area contributed by atoms with Gasteiger partial charge < -0.3 is 4.90 Å². The predicted octanol–water partition coefficient (Wildman–Crippen LogP) is 1.57. The van der Waals surface area contributed by atoms with E-state index in [4.69, 9.17) is 16.8 Å². The van der Waals surface area contributed by atoms with E-state index in [9.17, 15) is 13.2 Å². The molecule has 2 rings (SSSR count). The van der Waals surface area contributed by atoms with Crippen molar-refractivity contribution in [3.05, 3.63) is 29.3 Å². The average Bonchev–Trinajstić information content (AvgIpc) is 2.59. The van der Waals surface area contributed by atoms with Crippen molar-refractivity contribution in [3.8, 4) is 0 Å². The van der Waals surface area contributed by atoms with Crippen molar-refractivity contribution in [1.82, 2.24) is 9.79 Å². The quantitative estimate of drug-likeness (QED) is 0.569. The topological polar surface area (TPSA) is 90.0 Å². The fourth-order valence-corrected chi connectivity index (χ4v) is 5.08. The second kappa shape index (κ2) is 8.35. The normalized spacial score (nSPS) is 17.6. The number of piperazine rings is 1. The van der Waals surface area contributed by atoms with E-state index in [2.05, 4.69) is 4.90 Å². The maximum atomic E-state index is 12.7. The van der Waals surface area contributed by atoms with Crippen molar-refractivity contribution in [2.45, 2.75) is 13.8 Å². The number of amides is 1. The highest BCUT2D eigenvalue weighted by atomic mass is 35.5. The fourth-order valence-electron chi connectivity index (χ4n) is 2.90. The number of benzene rings is 1. The van der Waals surface area contributed by atoms with E-state index >= 15 is 0 Å². The first-order chi connectivity index (χ1) is 11.8. The molecular weight excluding hydrogens is 366 g/mol. The third-order valence-corrected chi connectivity index (χ3v) is 6.72. The second-order valence-corrected chi connectivity index (χ2v) is 8.86. The first kappa shape index (κ1) is 20.0. The minimum Gasteiger partial charge on any atom is -0.368 e. The number of para-hydroxylation sites is 1. The Morgan fingerprint density at radius 1 is 1.24 bits per heavy atom. The Kier molecular flexibility index (Phi) is 6.67. The second-order valence-electron chi connectivity index (χ2n) is 6.44. The molecule has 1 heterocycles. The molecule has 0 spiro atoms. The molecule has 1 saturated heterocycles. The molecule has 0 saturated carbocycles. The lowest BCUT2D eigenvalue weighted by molar-refractivity contribution is -0.134. The number of nitrogens with zero attached hydrogens (tertiary/aromatic N) is 2. The van der Waals surface area contributed by atoms with Gasteiger partial charge >= 0.3 is 0 Å². The van der Waals surface area contributed by atoms with Gasteiger partial charge in [0.15, 0.2) is 0 Å². The molecule has 0 aromatic heterocycles. The standard InChI is InChI=1S/C16H24ClN3O4S/c1-12(2)13(16(21)18-22)11-25(23,24)20-9-7-19(8-10-20)15-6-4-3-5-14(15)17/h3-6,12-13,22H,7-11H2,1-2H3,(H,18,21). The maximum absolute atomic E-state index is 12.7. The van der Waals surface area contributed by atoms with Gasteiger partial charge in [0.25, 0.3) is 0 Å². The van der Waals surface area contributed by atoms with Gasteiger partial charge in [-0.15, -0.1) is 0 Å². The monoisotopic (exact) mass is 389 g/mol. The van der Waals surface area contributed by atoms with Crippen LogP contribution in [0.5, 0.6) is 0 Å². The molecule has 1 aromatic rings. The number of halogens is 1. The van der Waals surface area contributed by atoms with E-state index in [1.165, 1.54) is 4.31 Å². The lowest BCUT2D eigenvalue weighted by Gasteiger charge is -2.36. The summed E-state index contributed by atoms with van der Waals surface area (Å²) in [5.41, 5.74) is 2.45. The van der Waals surface area contributed by atoms with E-state index in [-0.39, 0.29) is 11.7 Å². The van der Waals surface area contributed by atoms with Crippen molar-refractivity contribution >= 4 is 33.2 Å². The molecule has 25 heavy (non-hydrogen) atoms. The van der Waals surface area contributed by atoms with Crippen molar-refractivity contribution in [2.24, 2.45) is 11.8 Å². The molecule has 1 atom stereocenters. The van der Waals surface area contributed by atoms with Crippen LogP contribution in [0.15, 0.2) is 24.3 Å². The lowest BCUT2D eigenvalue weighted by Crippen LogP contribution is -2.51. The SMILES string of the molecule is CC(C)C(CS(=O)(=O)N1CCN(c2ccccc2Cl)CC1)C(=O)NO. The van der Waals surface area contributed by atoms with Gasteiger partial charge in [0, 0.05) is 26.2 Å². The van der Waals surface area contributed by atoms with E-state index in [1.807, 2.05) is 18.2 Å². The van der Waals surface area contributed by atoms with Crippen LogP contribution in [-0.4, -0.2) is 55.8 Å². The summed E-state index contributed by atoms with van der Waals surface area (Å²) in [5.74, 6) is -1.99. The van der Waals surface area contributed by atoms with Gasteiger partial charge in [-0.05, 0) is 18.1 Å². The van der Waals surface area contributed by atoms with Crippen molar-refractivity contribution < 1.29 is 18.4 Å². The van der Waals surface area contributed by atoms with Crippen molar-refractivity contribution in [2.75, 3.05) is 36.8 Å². The van der Waals surface area contributed by atoms with E-state index in [1.54, 1.807) is 25.4 Å². The number of rotatable bonds is 6. The van der Waals surface area contributed by atoms with Gasteiger partial charge in [0.2, 0.25) is 15.9 Å². The molecule has 0 bridgehead atoms. The van der Waals surface area contributed by atoms with Crippen LogP contribution in [0.25, 0.3) is 0 Å². The molecule has 1 fully saturated rings. The van der Waals surface area contributed by atoms with Crippen LogP contribution in [0.3, 0.4) is 0 Å². The van der Waals surface area contributed by atoms with E-state index in [0.717, 1.165) is 5.69 Å². The minimum atomic E-state index is -3.60. The van der Waals surface area contributed by atoms with Gasteiger partial charge in [0.1, 0.15) is 0 Å². The fraction of sp³-hybridized carbons (Fsp3) is 0.562. The van der Waals surface area contributed by atoms with Gasteiger partial charge in [-0.3, -0.25) is 10.0 Å². The Labute approximate surface area is 153 Å². The number of nitrogens with one attached hydrogen (secondary N) is 1. The molecule has 1 amide bonds. The molecule has 1 unspecified atom stereocenters. The zero-order chi connectivity index (χ0) is 18.6. The van der Waals surface area contributed by atoms with Crippen LogP contribution < -0.4 is 10.4 Å². The van der Waals surface area contributed by atoms with Crippen LogP contribution in [-0.2, 0) is 14.8 Å². The number of hydroxylamine groups is 1. The first-order valence-electron chi connectivity index (χ1n) is 8.17. The zero-order valence-corrected chi connectivity index (χ0v) is 15.9. The van der Waals surface area contributed by atoms with Gasteiger partial charge in [-0.1, -0.05) is 37.6 Å². The summed E-state index contributed by atoms with van der Waals surface area (Å²) in [6.07, 6.45) is 0. The summed E-state index contributed by atoms with van der Waals surface area (Å²) < 4.78 is 26.7. The summed E-state index contributed by atoms with van der Waals surface area (Å²) in [5, 5.41) is 9.46. The van der Waals surface area contributed by atoms with Gasteiger partial charge in [-0.2, -0.15) is 4.31 Å². The Morgan fingerprint density at radius 2 is 1.84 bits per heavy atom. The molecule has 1 aliphatic heterocycles. The summed E-state index contributed by atoms with van der Waals surface area (Å²) in [6.45, 7) is 5.23. The summed E-state index contributed by atoms with van der Waals surface area (Å²) in [7, 11) is -3.60. The Hall–Kier alpha value is -1.35. The third-order valence-electron chi connectivity index (χ3n) is 4.47. The Bertz CT molecular complexity index is 703. The molecule has 7 nitrogen and oxygen atoms in total. The molecule has 140 valence electrons. The molecule has 1 aromatic carbocycles. The Morgan fingerprint density at radius 3 is 2.36 bits per heavy atom. The van der Waals surface area contributed by atoms with Crippen LogP contribution in [0.4, 0.5) is 5.69 Å². The third kappa shape index (κ3) is 4.84. The first-order valence-corrected chi connectivity index (χ1v) is 10.2. The highest BCUT2D eigenvalue weighted by Crippen LogP contribution is 2.27. The summed E-state index contributed by atoms with van der Waals surface area (Å²) in [6, 6.07) is 7.46. The summed E-state index contributed by atoms with van der Waals surface area (Å²) >= 11 is 6.20. The van der Waals surface area contributed by atoms with Crippen molar-refractivity contribution in [3.63, 3.8) is 0 Å². The average molecular weight is 390 g/mol. The van der Waals surface area contributed by atoms with Crippen molar-refractivity contribution in [1.29, 1.82) is 0 Å². The van der Waals surface area contributed by atoms with Crippen LogP contribution in [0.2, 0.25) is 5.02 Å². The van der Waals surface area contributed by atoms with Crippen LogP contribution in [0, 0.1) is 11.8 Å².